The maximum atomic E-state index is 10.8. The number of benzene rings is 1. The number of hydrogen-bond donors (Lipinski definition) is 0. The number of ether oxygens (including phenoxy) is 1. The predicted octanol–water partition coefficient (Wildman–Crippen LogP) is 3.10. The van der Waals surface area contributed by atoms with Gasteiger partial charge >= 0.3 is 5.97 Å². The Labute approximate surface area is 91.7 Å². The molecule has 14 heavy (non-hydrogen) atoms. The lowest BCUT2D eigenvalue weighted by Gasteiger charge is -2.07. The molecular weight excluding hydrogens is 244 g/mol. The molecule has 0 aliphatic heterocycles. The van der Waals surface area contributed by atoms with Crippen LogP contribution in [-0.2, 0) is 11.2 Å². The van der Waals surface area contributed by atoms with Crippen LogP contribution in [0.3, 0.4) is 0 Å². The van der Waals surface area contributed by atoms with Gasteiger partial charge in [-0.15, -0.1) is 6.58 Å². The average molecular weight is 255 g/mol. The molecule has 0 aromatic heterocycles. The average Bonchev–Trinajstić information content (AvgIpc) is 2.09. The van der Waals surface area contributed by atoms with Crippen LogP contribution in [0.15, 0.2) is 35.3 Å². The van der Waals surface area contributed by atoms with Crippen molar-refractivity contribution in [2.75, 3.05) is 0 Å². The minimum atomic E-state index is -0.308. The Morgan fingerprint density at radius 2 is 2.36 bits per heavy atom. The van der Waals surface area contributed by atoms with Gasteiger partial charge in [-0.1, -0.05) is 22.0 Å². The number of hydrogen-bond acceptors (Lipinski definition) is 2. The lowest BCUT2D eigenvalue weighted by atomic mass is 10.1. The molecule has 1 aromatic rings. The third-order valence-electron chi connectivity index (χ3n) is 1.64. The Kier molecular flexibility index (Phi) is 3.89. The Morgan fingerprint density at radius 1 is 1.64 bits per heavy atom. The van der Waals surface area contributed by atoms with Gasteiger partial charge in [0, 0.05) is 11.4 Å². The number of halogens is 1. The maximum absolute atomic E-state index is 10.8. The lowest BCUT2D eigenvalue weighted by Crippen LogP contribution is -2.03. The molecule has 0 saturated heterocycles. The van der Waals surface area contributed by atoms with Crippen LogP contribution in [0.5, 0.6) is 5.75 Å². The molecule has 0 heterocycles. The van der Waals surface area contributed by atoms with E-state index in [2.05, 4.69) is 22.5 Å². The van der Waals surface area contributed by atoms with Crippen molar-refractivity contribution in [1.29, 1.82) is 0 Å². The van der Waals surface area contributed by atoms with E-state index in [1.165, 1.54) is 6.92 Å². The highest BCUT2D eigenvalue weighted by Gasteiger charge is 2.05. The molecule has 0 spiro atoms. The summed E-state index contributed by atoms with van der Waals surface area (Å²) in [6.07, 6.45) is 2.46. The maximum Gasteiger partial charge on any atom is 0.308 e. The molecule has 0 fully saturated rings. The van der Waals surface area contributed by atoms with Crippen LogP contribution in [-0.4, -0.2) is 5.97 Å². The fraction of sp³-hybridized carbons (Fsp3) is 0.182. The number of allylic oxidation sites excluding steroid dienone is 1. The summed E-state index contributed by atoms with van der Waals surface area (Å²) in [6, 6.07) is 5.52. The fourth-order valence-electron chi connectivity index (χ4n) is 1.12. The molecule has 0 saturated carbocycles. The van der Waals surface area contributed by atoms with Crippen LogP contribution in [0.2, 0.25) is 0 Å². The van der Waals surface area contributed by atoms with Gasteiger partial charge in [-0.25, -0.2) is 0 Å². The Bertz CT molecular complexity index is 358. The van der Waals surface area contributed by atoms with Crippen molar-refractivity contribution in [3.8, 4) is 5.75 Å². The molecule has 2 nitrogen and oxygen atoms in total. The van der Waals surface area contributed by atoms with Crippen LogP contribution in [0.25, 0.3) is 0 Å². The second kappa shape index (κ2) is 4.96. The molecule has 3 heteroatoms. The minimum absolute atomic E-state index is 0.308. The SMILES string of the molecule is C=CCc1cc(Br)ccc1OC(C)=O. The summed E-state index contributed by atoms with van der Waals surface area (Å²) in [7, 11) is 0. The normalized spacial score (nSPS) is 9.57. The van der Waals surface area contributed by atoms with Crippen molar-refractivity contribution in [1.82, 2.24) is 0 Å². The van der Waals surface area contributed by atoms with E-state index < -0.39 is 0 Å². The van der Waals surface area contributed by atoms with Crippen molar-refractivity contribution < 1.29 is 9.53 Å². The summed E-state index contributed by atoms with van der Waals surface area (Å²) in [5.41, 5.74) is 0.949. The molecule has 0 amide bonds. The number of carbonyl (C=O) groups is 1. The van der Waals surface area contributed by atoms with E-state index in [-0.39, 0.29) is 5.97 Å². The summed E-state index contributed by atoms with van der Waals surface area (Å²) in [5.74, 6) is 0.290. The first-order valence-electron chi connectivity index (χ1n) is 4.21. The molecule has 1 rings (SSSR count). The fourth-order valence-corrected chi connectivity index (χ4v) is 1.53. The third-order valence-corrected chi connectivity index (χ3v) is 2.13. The van der Waals surface area contributed by atoms with Gasteiger partial charge in [-0.05, 0) is 30.2 Å². The van der Waals surface area contributed by atoms with Gasteiger partial charge in [-0.2, -0.15) is 0 Å². The highest BCUT2D eigenvalue weighted by Crippen LogP contribution is 2.24. The Balaban J connectivity index is 3.01. The van der Waals surface area contributed by atoms with E-state index in [1.54, 1.807) is 12.1 Å². The Morgan fingerprint density at radius 3 is 2.93 bits per heavy atom. The third kappa shape index (κ3) is 3.00. The van der Waals surface area contributed by atoms with Crippen LogP contribution >= 0.6 is 15.9 Å². The highest BCUT2D eigenvalue weighted by molar-refractivity contribution is 9.10. The van der Waals surface area contributed by atoms with Gasteiger partial charge in [0.1, 0.15) is 5.75 Å². The smallest absolute Gasteiger partial charge is 0.308 e. The van der Waals surface area contributed by atoms with Gasteiger partial charge in [0.25, 0.3) is 0 Å². The quantitative estimate of drug-likeness (QED) is 0.471. The molecule has 1 aromatic carbocycles. The summed E-state index contributed by atoms with van der Waals surface area (Å²) in [6.45, 7) is 5.04. The first kappa shape index (κ1) is 11.0. The molecule has 0 unspecified atom stereocenters. The van der Waals surface area contributed by atoms with Crippen LogP contribution in [0, 0.1) is 0 Å². The summed E-state index contributed by atoms with van der Waals surface area (Å²) in [4.78, 5) is 10.8. The minimum Gasteiger partial charge on any atom is -0.426 e. The van der Waals surface area contributed by atoms with Crippen LogP contribution < -0.4 is 4.74 Å². The zero-order valence-corrected chi connectivity index (χ0v) is 9.50. The summed E-state index contributed by atoms with van der Waals surface area (Å²) >= 11 is 3.36. The number of esters is 1. The van der Waals surface area contributed by atoms with Crippen molar-refractivity contribution >= 4 is 21.9 Å². The number of carbonyl (C=O) groups excluding carboxylic acids is 1. The van der Waals surface area contributed by atoms with Gasteiger partial charge in [0.2, 0.25) is 0 Å². The van der Waals surface area contributed by atoms with Gasteiger partial charge in [-0.3, -0.25) is 4.79 Å². The molecule has 0 aliphatic carbocycles. The van der Waals surface area contributed by atoms with E-state index in [0.29, 0.717) is 12.2 Å². The summed E-state index contributed by atoms with van der Waals surface area (Å²) in [5, 5.41) is 0. The van der Waals surface area contributed by atoms with Crippen molar-refractivity contribution in [3.63, 3.8) is 0 Å². The van der Waals surface area contributed by atoms with Crippen LogP contribution in [0.1, 0.15) is 12.5 Å². The van der Waals surface area contributed by atoms with Gasteiger partial charge < -0.3 is 4.74 Å². The molecule has 0 N–H and O–H groups in total. The van der Waals surface area contributed by atoms with Gasteiger partial charge in [0.05, 0.1) is 0 Å². The Hall–Kier alpha value is -1.09. The first-order valence-corrected chi connectivity index (χ1v) is 5.00. The van der Waals surface area contributed by atoms with Crippen LogP contribution in [0.4, 0.5) is 0 Å². The van der Waals surface area contributed by atoms with Gasteiger partial charge in [0.15, 0.2) is 0 Å². The molecule has 0 atom stereocenters. The van der Waals surface area contributed by atoms with E-state index in [9.17, 15) is 4.79 Å². The van der Waals surface area contributed by atoms with E-state index in [0.717, 1.165) is 10.0 Å². The summed E-state index contributed by atoms with van der Waals surface area (Å²) < 4.78 is 6.01. The van der Waals surface area contributed by atoms with Crippen molar-refractivity contribution in [2.45, 2.75) is 13.3 Å². The largest absolute Gasteiger partial charge is 0.426 e. The zero-order chi connectivity index (χ0) is 10.6. The van der Waals surface area contributed by atoms with E-state index in [1.807, 2.05) is 12.1 Å². The molecule has 0 bridgehead atoms. The predicted molar refractivity (Wildman–Crippen MR) is 59.4 cm³/mol. The lowest BCUT2D eigenvalue weighted by molar-refractivity contribution is -0.131. The van der Waals surface area contributed by atoms with Crippen molar-refractivity contribution in [2.24, 2.45) is 0 Å². The zero-order valence-electron chi connectivity index (χ0n) is 7.92. The molecule has 0 aliphatic rings. The monoisotopic (exact) mass is 254 g/mol. The topological polar surface area (TPSA) is 26.3 Å². The van der Waals surface area contributed by atoms with Crippen molar-refractivity contribution in [3.05, 3.63) is 40.9 Å². The van der Waals surface area contributed by atoms with E-state index >= 15 is 0 Å². The molecular formula is C11H11BrO2. The number of rotatable bonds is 3. The standard InChI is InChI=1S/C11H11BrO2/c1-3-4-9-7-10(12)5-6-11(9)14-8(2)13/h3,5-7H,1,4H2,2H3. The molecule has 0 radical (unpaired) electrons. The molecule has 74 valence electrons. The second-order valence-corrected chi connectivity index (χ2v) is 3.75. The first-order chi connectivity index (χ1) is 6.63. The van der Waals surface area contributed by atoms with E-state index in [4.69, 9.17) is 4.74 Å². The second-order valence-electron chi connectivity index (χ2n) is 2.84. The highest BCUT2D eigenvalue weighted by atomic mass is 79.9.